The number of ketones is 1. The van der Waals surface area contributed by atoms with Crippen molar-refractivity contribution in [2.24, 2.45) is 5.92 Å². The summed E-state index contributed by atoms with van der Waals surface area (Å²) >= 11 is 0. The van der Waals surface area contributed by atoms with Gasteiger partial charge in [0.25, 0.3) is 0 Å². The molecule has 0 aliphatic rings. The summed E-state index contributed by atoms with van der Waals surface area (Å²) in [6.07, 6.45) is 0.485. The number of carbonyl (C=O) groups excluding carboxylic acids is 1. The second-order valence-corrected chi connectivity index (χ2v) is 4.91. The van der Waals surface area contributed by atoms with Gasteiger partial charge in [0.15, 0.2) is 0 Å². The van der Waals surface area contributed by atoms with E-state index in [0.29, 0.717) is 13.2 Å². The summed E-state index contributed by atoms with van der Waals surface area (Å²) in [6, 6.07) is 0. The first-order valence-corrected chi connectivity index (χ1v) is 5.06. The quantitative estimate of drug-likeness (QED) is 0.615. The smallest absolute Gasteiger partial charge is 0.138 e. The Morgan fingerprint density at radius 2 is 1.86 bits per heavy atom. The third-order valence-corrected chi connectivity index (χ3v) is 1.96. The first-order chi connectivity index (χ1) is 6.24. The third-order valence-electron chi connectivity index (χ3n) is 1.96. The van der Waals surface area contributed by atoms with Gasteiger partial charge in [0.1, 0.15) is 5.78 Å². The topological polar surface area (TPSA) is 29.5 Å². The lowest BCUT2D eigenvalue weighted by atomic mass is 9.95. The zero-order chi connectivity index (χ0) is 11.4. The van der Waals surface area contributed by atoms with Gasteiger partial charge < -0.3 is 4.74 Å². The van der Waals surface area contributed by atoms with Crippen LogP contribution < -0.4 is 0 Å². The summed E-state index contributed by atoms with van der Waals surface area (Å²) in [4.78, 5) is 13.5. The minimum Gasteiger partial charge on any atom is -0.360 e. The normalized spacial score (nSPS) is 12.6. The fraction of sp³-hybridized carbons (Fsp3) is 0.909. The molecule has 0 aromatic rings. The highest BCUT2D eigenvalue weighted by atomic mass is 16.5. The van der Waals surface area contributed by atoms with Crippen molar-refractivity contribution >= 4 is 5.78 Å². The molecule has 0 spiro atoms. The van der Waals surface area contributed by atoms with Crippen LogP contribution in [0.4, 0.5) is 0 Å². The van der Waals surface area contributed by atoms with E-state index in [1.165, 1.54) is 0 Å². The van der Waals surface area contributed by atoms with Crippen molar-refractivity contribution in [1.29, 1.82) is 0 Å². The molecule has 0 N–H and O–H groups in total. The summed E-state index contributed by atoms with van der Waals surface area (Å²) < 4.78 is 5.62. The van der Waals surface area contributed by atoms with Crippen molar-refractivity contribution in [3.63, 3.8) is 0 Å². The molecule has 0 unspecified atom stereocenters. The Hall–Kier alpha value is -0.410. The molecule has 0 bridgehead atoms. The lowest BCUT2D eigenvalue weighted by molar-refractivity contribution is -0.130. The number of ether oxygens (including phenoxy) is 1. The molecular formula is C11H23NO2. The maximum Gasteiger partial charge on any atom is 0.138 e. The molecule has 0 saturated heterocycles. The van der Waals surface area contributed by atoms with Gasteiger partial charge in [0.2, 0.25) is 0 Å². The highest BCUT2D eigenvalue weighted by Crippen LogP contribution is 2.17. The molecular weight excluding hydrogens is 178 g/mol. The van der Waals surface area contributed by atoms with Crippen molar-refractivity contribution in [3.05, 3.63) is 0 Å². The Bertz CT molecular complexity index is 186. The summed E-state index contributed by atoms with van der Waals surface area (Å²) in [5, 5.41) is 0. The third kappa shape index (κ3) is 6.11. The van der Waals surface area contributed by atoms with E-state index < -0.39 is 0 Å². The summed E-state index contributed by atoms with van der Waals surface area (Å²) in [7, 11) is 3.89. The van der Waals surface area contributed by atoms with Gasteiger partial charge in [0, 0.05) is 12.3 Å². The molecule has 0 rings (SSSR count). The van der Waals surface area contributed by atoms with Crippen LogP contribution >= 0.6 is 0 Å². The van der Waals surface area contributed by atoms with Gasteiger partial charge in [-0.2, -0.15) is 0 Å². The molecule has 14 heavy (non-hydrogen) atoms. The van der Waals surface area contributed by atoms with E-state index in [2.05, 4.69) is 0 Å². The number of carbonyl (C=O) groups is 1. The Labute approximate surface area is 87.4 Å². The molecule has 3 heteroatoms. The maximum absolute atomic E-state index is 11.5. The molecule has 0 heterocycles. The molecule has 84 valence electrons. The van der Waals surface area contributed by atoms with Crippen LogP contribution in [0.25, 0.3) is 0 Å². The van der Waals surface area contributed by atoms with Crippen molar-refractivity contribution < 1.29 is 9.53 Å². The van der Waals surface area contributed by atoms with Gasteiger partial charge in [0.05, 0.1) is 12.3 Å². The predicted molar refractivity (Wildman–Crippen MR) is 58.2 cm³/mol. The van der Waals surface area contributed by atoms with E-state index in [-0.39, 0.29) is 17.3 Å². The van der Waals surface area contributed by atoms with E-state index in [4.69, 9.17) is 4.74 Å². The zero-order valence-electron chi connectivity index (χ0n) is 10.3. The number of hydrogen-bond acceptors (Lipinski definition) is 3. The van der Waals surface area contributed by atoms with Gasteiger partial charge in [-0.1, -0.05) is 13.8 Å². The molecule has 0 aliphatic carbocycles. The van der Waals surface area contributed by atoms with Crippen LogP contribution in [0.3, 0.4) is 0 Å². The first-order valence-electron chi connectivity index (χ1n) is 5.06. The van der Waals surface area contributed by atoms with Crippen LogP contribution in [0.2, 0.25) is 0 Å². The van der Waals surface area contributed by atoms with Crippen LogP contribution in [0.5, 0.6) is 0 Å². The average molecular weight is 201 g/mol. The van der Waals surface area contributed by atoms with Crippen LogP contribution in [0, 0.1) is 5.92 Å². The van der Waals surface area contributed by atoms with E-state index >= 15 is 0 Å². The average Bonchev–Trinajstić information content (AvgIpc) is 2.00. The van der Waals surface area contributed by atoms with Crippen molar-refractivity contribution in [3.8, 4) is 0 Å². The van der Waals surface area contributed by atoms with Gasteiger partial charge in [-0.25, -0.2) is 0 Å². The fourth-order valence-corrected chi connectivity index (χ4v) is 0.979. The van der Waals surface area contributed by atoms with E-state index in [1.54, 1.807) is 0 Å². The van der Waals surface area contributed by atoms with Crippen molar-refractivity contribution in [2.75, 3.05) is 20.8 Å². The fourth-order valence-electron chi connectivity index (χ4n) is 0.979. The van der Waals surface area contributed by atoms with E-state index in [9.17, 15) is 4.79 Å². The highest BCUT2D eigenvalue weighted by Gasteiger charge is 2.24. The zero-order valence-corrected chi connectivity index (χ0v) is 10.3. The summed E-state index contributed by atoms with van der Waals surface area (Å²) in [5.41, 5.74) is -0.356. The Kier molecular flexibility index (Phi) is 5.31. The molecule has 0 aromatic carbocycles. The predicted octanol–water partition coefficient (Wildman–Crippen LogP) is 1.92. The van der Waals surface area contributed by atoms with Gasteiger partial charge in [-0.3, -0.25) is 9.69 Å². The Morgan fingerprint density at radius 3 is 2.21 bits per heavy atom. The number of Topliss-reactive ketones (excluding diaryl/α,β-unsaturated/α-hetero) is 1. The largest absolute Gasteiger partial charge is 0.360 e. The molecule has 0 aromatic heterocycles. The summed E-state index contributed by atoms with van der Waals surface area (Å²) in [6.45, 7) is 8.31. The van der Waals surface area contributed by atoms with Gasteiger partial charge in [-0.15, -0.1) is 0 Å². The summed E-state index contributed by atoms with van der Waals surface area (Å²) in [5.74, 6) is 0.353. The molecule has 3 nitrogen and oxygen atoms in total. The van der Waals surface area contributed by atoms with Gasteiger partial charge >= 0.3 is 0 Å². The first kappa shape index (κ1) is 13.6. The number of rotatable bonds is 6. The molecule has 0 radical (unpaired) electrons. The van der Waals surface area contributed by atoms with Crippen molar-refractivity contribution in [1.82, 2.24) is 4.90 Å². The van der Waals surface area contributed by atoms with Crippen molar-refractivity contribution in [2.45, 2.75) is 39.7 Å². The second kappa shape index (κ2) is 5.47. The van der Waals surface area contributed by atoms with Crippen LogP contribution in [0.15, 0.2) is 0 Å². The molecule has 0 fully saturated rings. The number of nitrogens with zero attached hydrogens (tertiary/aromatic N) is 1. The lowest BCUT2D eigenvalue weighted by Gasteiger charge is -2.27. The minimum atomic E-state index is -0.356. The molecule has 0 saturated carbocycles. The standard InChI is InChI=1S/C11H23NO2/c1-9(2)10(13)7-11(3,4)14-8-12(5)6/h9H,7-8H2,1-6H3. The monoisotopic (exact) mass is 201 g/mol. The van der Waals surface area contributed by atoms with Crippen LogP contribution in [-0.4, -0.2) is 37.1 Å². The Morgan fingerprint density at radius 1 is 1.36 bits per heavy atom. The molecule has 0 aliphatic heterocycles. The van der Waals surface area contributed by atoms with E-state index in [1.807, 2.05) is 46.7 Å². The van der Waals surface area contributed by atoms with Gasteiger partial charge in [-0.05, 0) is 27.9 Å². The van der Waals surface area contributed by atoms with E-state index in [0.717, 1.165) is 0 Å². The molecule has 0 amide bonds. The minimum absolute atomic E-state index is 0.0947. The highest BCUT2D eigenvalue weighted by molar-refractivity contribution is 5.81. The van der Waals surface area contributed by atoms with Crippen LogP contribution in [-0.2, 0) is 9.53 Å². The lowest BCUT2D eigenvalue weighted by Crippen LogP contribution is -2.33. The number of hydrogen-bond donors (Lipinski definition) is 0. The molecule has 0 atom stereocenters. The maximum atomic E-state index is 11.5. The Balaban J connectivity index is 4.00. The SMILES string of the molecule is CC(C)C(=O)CC(C)(C)OCN(C)C. The van der Waals surface area contributed by atoms with Crippen LogP contribution in [0.1, 0.15) is 34.1 Å². The second-order valence-electron chi connectivity index (χ2n) is 4.91.